The summed E-state index contributed by atoms with van der Waals surface area (Å²) in [7, 11) is -3.44. The molecule has 1 heterocycles. The molecule has 1 aliphatic heterocycles. The molecule has 3 nitrogen and oxygen atoms in total. The van der Waals surface area contributed by atoms with Gasteiger partial charge in [-0.3, -0.25) is 4.90 Å². The van der Waals surface area contributed by atoms with Gasteiger partial charge in [-0.25, -0.2) is 0 Å². The molecule has 1 fully saturated rings. The highest BCUT2D eigenvalue weighted by molar-refractivity contribution is 6.74. The van der Waals surface area contributed by atoms with E-state index < -0.39 is 16.6 Å². The van der Waals surface area contributed by atoms with Gasteiger partial charge in [0.25, 0.3) is 0 Å². The first-order chi connectivity index (χ1) is 13.1. The van der Waals surface area contributed by atoms with Crippen LogP contribution >= 0.6 is 0 Å². The van der Waals surface area contributed by atoms with Gasteiger partial charge < -0.3 is 8.85 Å². The summed E-state index contributed by atoms with van der Waals surface area (Å²) in [5, 5.41) is 0.512. The lowest BCUT2D eigenvalue weighted by molar-refractivity contribution is -0.0426. The molecule has 0 unspecified atom stereocenters. The molecule has 0 N–H and O–H groups in total. The Bertz CT molecular complexity index is 611. The molecule has 1 aliphatic rings. The first-order valence-corrected chi connectivity index (χ1v) is 17.0. The summed E-state index contributed by atoms with van der Waals surface area (Å²) < 4.78 is 13.2. The van der Waals surface area contributed by atoms with Gasteiger partial charge in [0.2, 0.25) is 0 Å². The fourth-order valence-electron chi connectivity index (χ4n) is 3.17. The van der Waals surface area contributed by atoms with E-state index in [9.17, 15) is 0 Å². The predicted molar refractivity (Wildman–Crippen MR) is 130 cm³/mol. The molecule has 2 rings (SSSR count). The molecule has 1 aromatic carbocycles. The van der Waals surface area contributed by atoms with Gasteiger partial charge in [0.15, 0.2) is 16.6 Å². The van der Waals surface area contributed by atoms with Crippen molar-refractivity contribution in [3.05, 3.63) is 35.9 Å². The van der Waals surface area contributed by atoms with Crippen molar-refractivity contribution in [1.29, 1.82) is 0 Å². The number of benzene rings is 1. The molecule has 2 atom stereocenters. The van der Waals surface area contributed by atoms with Crippen LogP contribution in [0.4, 0.5) is 0 Å². The summed E-state index contributed by atoms with van der Waals surface area (Å²) in [5.41, 5.74) is 1.38. The normalized spacial score (nSPS) is 21.9. The van der Waals surface area contributed by atoms with Crippen LogP contribution < -0.4 is 0 Å². The maximum atomic E-state index is 6.58. The molecule has 0 amide bonds. The summed E-state index contributed by atoms with van der Waals surface area (Å²) in [6.45, 7) is 26.0. The van der Waals surface area contributed by atoms with Gasteiger partial charge in [0.1, 0.15) is 0 Å². The largest absolute Gasteiger partial charge is 0.415 e. The van der Waals surface area contributed by atoms with Crippen LogP contribution in [0.5, 0.6) is 0 Å². The van der Waals surface area contributed by atoms with Crippen LogP contribution in [0.1, 0.15) is 53.5 Å². The topological polar surface area (TPSA) is 21.7 Å². The Morgan fingerprint density at radius 2 is 1.21 bits per heavy atom. The Kier molecular flexibility index (Phi) is 7.66. The highest BCUT2D eigenvalue weighted by Gasteiger charge is 2.44. The van der Waals surface area contributed by atoms with Crippen LogP contribution in [0.25, 0.3) is 0 Å². The summed E-state index contributed by atoms with van der Waals surface area (Å²) in [5.74, 6) is 0. The maximum absolute atomic E-state index is 6.58. The smallest absolute Gasteiger partial charge is 0.192 e. The van der Waals surface area contributed by atoms with Gasteiger partial charge in [-0.05, 0) is 48.2 Å². The summed E-state index contributed by atoms with van der Waals surface area (Å²) >= 11 is 0. The number of hydrogen-bond donors (Lipinski definition) is 0. The molecule has 1 saturated heterocycles. The van der Waals surface area contributed by atoms with E-state index in [-0.39, 0.29) is 10.1 Å². The molecular weight excluding hydrogens is 390 g/mol. The van der Waals surface area contributed by atoms with Crippen molar-refractivity contribution in [1.82, 2.24) is 4.90 Å². The lowest BCUT2D eigenvalue weighted by Crippen LogP contribution is -2.61. The molecule has 0 spiro atoms. The first kappa shape index (κ1) is 24.8. The Balaban J connectivity index is 2.03. The number of rotatable bonds is 8. The molecule has 0 aliphatic carbocycles. The molecule has 0 bridgehead atoms. The third kappa shape index (κ3) is 6.26. The minimum atomic E-state index is -1.72. The molecule has 1 aromatic rings. The van der Waals surface area contributed by atoms with Crippen molar-refractivity contribution >= 4 is 16.6 Å². The highest BCUT2D eigenvalue weighted by atomic mass is 28.4. The number of hydrogen-bond acceptors (Lipinski definition) is 3. The van der Waals surface area contributed by atoms with E-state index in [0.29, 0.717) is 12.1 Å². The Labute approximate surface area is 182 Å². The van der Waals surface area contributed by atoms with E-state index in [2.05, 4.69) is 103 Å². The van der Waals surface area contributed by atoms with Gasteiger partial charge in [0.05, 0.1) is 0 Å². The Hall–Kier alpha value is -0.466. The minimum Gasteiger partial charge on any atom is -0.415 e. The second kappa shape index (κ2) is 8.95. The van der Waals surface area contributed by atoms with Crippen LogP contribution in [0.3, 0.4) is 0 Å². The first-order valence-electron chi connectivity index (χ1n) is 11.2. The zero-order valence-electron chi connectivity index (χ0n) is 20.6. The Morgan fingerprint density at radius 1 is 0.793 bits per heavy atom. The van der Waals surface area contributed by atoms with Crippen LogP contribution in [0, 0.1) is 0 Å². The standard InChI is InChI=1S/C24H45NO2Si2/c1-23(2,3)28(7,8)26-18-21-16-22(19-27-29(9,10)24(4,5)6)25(21)17-20-14-12-11-13-15-20/h11-15,21-22H,16-19H2,1-10H3/t21-,22+. The quantitative estimate of drug-likeness (QED) is 0.425. The molecular formula is C24H45NO2Si2. The van der Waals surface area contributed by atoms with Gasteiger partial charge in [-0.2, -0.15) is 0 Å². The van der Waals surface area contributed by atoms with E-state index in [1.165, 1.54) is 12.0 Å². The second-order valence-electron chi connectivity index (χ2n) is 11.8. The molecule has 0 radical (unpaired) electrons. The predicted octanol–water partition coefficient (Wildman–Crippen LogP) is 6.67. The molecule has 166 valence electrons. The number of nitrogens with zero attached hydrogens (tertiary/aromatic N) is 1. The van der Waals surface area contributed by atoms with E-state index in [0.717, 1.165) is 19.8 Å². The van der Waals surface area contributed by atoms with Crippen LogP contribution in [0.2, 0.25) is 36.3 Å². The van der Waals surface area contributed by atoms with Crippen LogP contribution in [0.15, 0.2) is 30.3 Å². The zero-order chi connectivity index (χ0) is 22.1. The second-order valence-corrected chi connectivity index (χ2v) is 21.5. The average Bonchev–Trinajstić information content (AvgIpc) is 2.57. The highest BCUT2D eigenvalue weighted by Crippen LogP contribution is 2.40. The maximum Gasteiger partial charge on any atom is 0.192 e. The molecule has 0 saturated carbocycles. The lowest BCUT2D eigenvalue weighted by atomic mass is 9.93. The average molecular weight is 436 g/mol. The van der Waals surface area contributed by atoms with E-state index in [1.54, 1.807) is 0 Å². The van der Waals surface area contributed by atoms with Crippen LogP contribution in [-0.4, -0.2) is 46.8 Å². The Morgan fingerprint density at radius 3 is 1.59 bits per heavy atom. The lowest BCUT2D eigenvalue weighted by Gasteiger charge is -2.51. The van der Waals surface area contributed by atoms with Crippen molar-refractivity contribution < 1.29 is 8.85 Å². The summed E-state index contributed by atoms with van der Waals surface area (Å²) in [6.07, 6.45) is 1.18. The van der Waals surface area contributed by atoms with E-state index in [4.69, 9.17) is 8.85 Å². The van der Waals surface area contributed by atoms with Crippen molar-refractivity contribution in [3.8, 4) is 0 Å². The van der Waals surface area contributed by atoms with Gasteiger partial charge in [0, 0.05) is 31.8 Å². The molecule has 0 aromatic heterocycles. The van der Waals surface area contributed by atoms with Crippen LogP contribution in [-0.2, 0) is 15.4 Å². The fraction of sp³-hybridized carbons (Fsp3) is 0.750. The fourth-order valence-corrected chi connectivity index (χ4v) is 5.25. The minimum absolute atomic E-state index is 0.256. The van der Waals surface area contributed by atoms with Gasteiger partial charge in [-0.15, -0.1) is 0 Å². The third-order valence-electron chi connectivity index (χ3n) is 7.58. The van der Waals surface area contributed by atoms with Gasteiger partial charge >= 0.3 is 0 Å². The van der Waals surface area contributed by atoms with E-state index in [1.807, 2.05) is 0 Å². The van der Waals surface area contributed by atoms with E-state index >= 15 is 0 Å². The molecule has 29 heavy (non-hydrogen) atoms. The van der Waals surface area contributed by atoms with Gasteiger partial charge in [-0.1, -0.05) is 71.9 Å². The van der Waals surface area contributed by atoms with Crippen molar-refractivity contribution in [2.75, 3.05) is 13.2 Å². The van der Waals surface area contributed by atoms with Crippen molar-refractivity contribution in [3.63, 3.8) is 0 Å². The summed E-state index contributed by atoms with van der Waals surface area (Å²) in [4.78, 5) is 2.62. The SMILES string of the molecule is CC(C)(C)[Si](C)(C)OC[C@@H]1C[C@H](CO[Si](C)(C)C(C)(C)C)N1Cc1ccccc1. The van der Waals surface area contributed by atoms with Crippen molar-refractivity contribution in [2.45, 2.75) is 103 Å². The number of likely N-dealkylation sites (tertiary alicyclic amines) is 1. The molecule has 5 heteroatoms. The monoisotopic (exact) mass is 435 g/mol. The van der Waals surface area contributed by atoms with Crippen molar-refractivity contribution in [2.24, 2.45) is 0 Å². The third-order valence-corrected chi connectivity index (χ3v) is 16.6. The zero-order valence-corrected chi connectivity index (χ0v) is 22.6. The summed E-state index contributed by atoms with van der Waals surface area (Å²) in [6, 6.07) is 11.8.